The van der Waals surface area contributed by atoms with Crippen molar-refractivity contribution < 1.29 is 9.47 Å². The van der Waals surface area contributed by atoms with Gasteiger partial charge in [-0.15, -0.1) is 22.7 Å². The Morgan fingerprint density at radius 2 is 1.26 bits per heavy atom. The highest BCUT2D eigenvalue weighted by Crippen LogP contribution is 2.36. The zero-order chi connectivity index (χ0) is 18.8. The number of rotatable bonds is 5. The van der Waals surface area contributed by atoms with E-state index in [1.807, 2.05) is 23.6 Å². The molecule has 0 N–H and O–H groups in total. The van der Waals surface area contributed by atoms with Crippen LogP contribution in [0.2, 0.25) is 0 Å². The van der Waals surface area contributed by atoms with E-state index in [0.29, 0.717) is 11.5 Å². The Kier molecular flexibility index (Phi) is 4.92. The summed E-state index contributed by atoms with van der Waals surface area (Å²) in [4.78, 5) is 9.54. The van der Waals surface area contributed by atoms with Crippen molar-refractivity contribution in [1.29, 1.82) is 0 Å². The first-order chi connectivity index (χ1) is 13.2. The lowest BCUT2D eigenvalue weighted by Gasteiger charge is -2.08. The van der Waals surface area contributed by atoms with E-state index in [1.165, 1.54) is 5.56 Å². The van der Waals surface area contributed by atoms with E-state index in [2.05, 4.69) is 36.6 Å². The highest BCUT2D eigenvalue weighted by molar-refractivity contribution is 7.20. The van der Waals surface area contributed by atoms with E-state index in [-0.39, 0.29) is 0 Å². The van der Waals surface area contributed by atoms with Crippen LogP contribution >= 0.6 is 22.7 Å². The first-order valence-electron chi connectivity index (χ1n) is 8.39. The van der Waals surface area contributed by atoms with E-state index < -0.39 is 0 Å². The summed E-state index contributed by atoms with van der Waals surface area (Å²) in [6.07, 6.45) is 0. The molecular formula is C21H18N2O2S2. The highest BCUT2D eigenvalue weighted by atomic mass is 32.1. The van der Waals surface area contributed by atoms with Crippen molar-refractivity contribution in [3.63, 3.8) is 0 Å². The molecule has 2 aromatic heterocycles. The van der Waals surface area contributed by atoms with Gasteiger partial charge in [0.05, 0.1) is 25.6 Å². The van der Waals surface area contributed by atoms with Crippen molar-refractivity contribution in [3.05, 3.63) is 58.8 Å². The molecule has 2 heterocycles. The zero-order valence-corrected chi connectivity index (χ0v) is 16.9. The van der Waals surface area contributed by atoms with Crippen LogP contribution in [0.3, 0.4) is 0 Å². The average molecular weight is 395 g/mol. The first-order valence-corrected chi connectivity index (χ1v) is 10.1. The molecular weight excluding hydrogens is 376 g/mol. The Morgan fingerprint density at radius 3 is 1.85 bits per heavy atom. The molecule has 0 fully saturated rings. The maximum Gasteiger partial charge on any atom is 0.161 e. The van der Waals surface area contributed by atoms with Crippen molar-refractivity contribution in [2.24, 2.45) is 0 Å². The van der Waals surface area contributed by atoms with Crippen molar-refractivity contribution in [1.82, 2.24) is 9.97 Å². The lowest BCUT2D eigenvalue weighted by molar-refractivity contribution is 0.355. The Balaban J connectivity index is 1.62. The van der Waals surface area contributed by atoms with Gasteiger partial charge in [0.25, 0.3) is 0 Å². The molecule has 0 aliphatic heterocycles. The quantitative estimate of drug-likeness (QED) is 0.421. The largest absolute Gasteiger partial charge is 0.493 e. The monoisotopic (exact) mass is 394 g/mol. The molecule has 0 spiro atoms. The van der Waals surface area contributed by atoms with Gasteiger partial charge in [0, 0.05) is 21.9 Å². The molecule has 0 aliphatic carbocycles. The Hall–Kier alpha value is -2.70. The standard InChI is InChI=1S/C21H18N2O2S2/c1-13-4-6-14(7-5-13)16-11-26-20(22-16)21-23-17(12-27-21)15-8-9-18(24-2)19(10-15)25-3/h4-12H,1-3H3. The molecule has 2 aromatic carbocycles. The molecule has 0 unspecified atom stereocenters. The van der Waals surface area contributed by atoms with Crippen LogP contribution in [0.5, 0.6) is 11.5 Å². The summed E-state index contributed by atoms with van der Waals surface area (Å²) in [5.41, 5.74) is 5.25. The van der Waals surface area contributed by atoms with Crippen LogP contribution in [-0.4, -0.2) is 24.2 Å². The van der Waals surface area contributed by atoms with Crippen LogP contribution in [0.25, 0.3) is 32.5 Å². The Labute approximate surface area is 166 Å². The van der Waals surface area contributed by atoms with Crippen LogP contribution in [0.4, 0.5) is 0 Å². The first kappa shape index (κ1) is 17.7. The third-order valence-corrected chi connectivity index (χ3v) is 6.05. The molecule has 6 heteroatoms. The minimum absolute atomic E-state index is 0.695. The number of hydrogen-bond donors (Lipinski definition) is 0. The van der Waals surface area contributed by atoms with Gasteiger partial charge in [-0.1, -0.05) is 29.8 Å². The van der Waals surface area contributed by atoms with E-state index in [0.717, 1.165) is 32.5 Å². The van der Waals surface area contributed by atoms with Gasteiger partial charge in [-0.25, -0.2) is 9.97 Å². The molecule has 0 amide bonds. The fourth-order valence-corrected chi connectivity index (χ4v) is 4.44. The van der Waals surface area contributed by atoms with Crippen molar-refractivity contribution in [2.45, 2.75) is 6.92 Å². The molecule has 4 nitrogen and oxygen atoms in total. The maximum atomic E-state index is 5.39. The van der Waals surface area contributed by atoms with Crippen LogP contribution in [0.1, 0.15) is 5.56 Å². The summed E-state index contributed by atoms with van der Waals surface area (Å²) in [5, 5.41) is 5.98. The van der Waals surface area contributed by atoms with Crippen LogP contribution < -0.4 is 9.47 Å². The zero-order valence-electron chi connectivity index (χ0n) is 15.2. The number of nitrogens with zero attached hydrogens (tertiary/aromatic N) is 2. The topological polar surface area (TPSA) is 44.2 Å². The third-order valence-electron chi connectivity index (χ3n) is 4.22. The summed E-state index contributed by atoms with van der Waals surface area (Å²) in [6.45, 7) is 2.08. The summed E-state index contributed by atoms with van der Waals surface area (Å²) < 4.78 is 10.7. The molecule has 0 saturated heterocycles. The molecule has 0 saturated carbocycles. The summed E-state index contributed by atoms with van der Waals surface area (Å²) >= 11 is 3.21. The van der Waals surface area contributed by atoms with Gasteiger partial charge in [0.2, 0.25) is 0 Å². The number of thiazole rings is 2. The summed E-state index contributed by atoms with van der Waals surface area (Å²) in [6, 6.07) is 14.2. The molecule has 0 aliphatic rings. The predicted octanol–water partition coefficient (Wildman–Crippen LogP) is 5.93. The number of methoxy groups -OCH3 is 2. The highest BCUT2D eigenvalue weighted by Gasteiger charge is 2.13. The second-order valence-corrected chi connectivity index (χ2v) is 7.73. The Bertz CT molecular complexity index is 1070. The minimum atomic E-state index is 0.695. The molecule has 136 valence electrons. The Morgan fingerprint density at radius 1 is 0.704 bits per heavy atom. The van der Waals surface area contributed by atoms with E-state index in [9.17, 15) is 0 Å². The maximum absolute atomic E-state index is 5.39. The van der Waals surface area contributed by atoms with Crippen LogP contribution in [0.15, 0.2) is 53.2 Å². The van der Waals surface area contributed by atoms with Crippen molar-refractivity contribution in [2.75, 3.05) is 14.2 Å². The van der Waals surface area contributed by atoms with E-state index in [4.69, 9.17) is 19.4 Å². The number of aryl methyl sites for hydroxylation is 1. The summed E-state index contributed by atoms with van der Waals surface area (Å²) in [7, 11) is 3.27. The average Bonchev–Trinajstić information content (AvgIpc) is 3.37. The molecule has 0 atom stereocenters. The van der Waals surface area contributed by atoms with Gasteiger partial charge < -0.3 is 9.47 Å². The van der Waals surface area contributed by atoms with E-state index in [1.54, 1.807) is 36.9 Å². The van der Waals surface area contributed by atoms with Crippen LogP contribution in [-0.2, 0) is 0 Å². The van der Waals surface area contributed by atoms with Crippen molar-refractivity contribution in [3.8, 4) is 44.0 Å². The lowest BCUT2D eigenvalue weighted by Crippen LogP contribution is -1.90. The van der Waals surface area contributed by atoms with Gasteiger partial charge in [-0.3, -0.25) is 0 Å². The number of aromatic nitrogens is 2. The SMILES string of the molecule is COc1ccc(-c2csc(-c3nc(-c4ccc(C)cc4)cs3)n2)cc1OC. The smallest absolute Gasteiger partial charge is 0.161 e. The molecule has 4 aromatic rings. The van der Waals surface area contributed by atoms with Crippen molar-refractivity contribution >= 4 is 22.7 Å². The number of benzene rings is 2. The predicted molar refractivity (Wildman–Crippen MR) is 112 cm³/mol. The van der Waals surface area contributed by atoms with E-state index >= 15 is 0 Å². The van der Waals surface area contributed by atoms with Gasteiger partial charge in [0.1, 0.15) is 0 Å². The second-order valence-electron chi connectivity index (χ2n) is 6.01. The van der Waals surface area contributed by atoms with Gasteiger partial charge >= 0.3 is 0 Å². The van der Waals surface area contributed by atoms with Gasteiger partial charge in [-0.2, -0.15) is 0 Å². The molecule has 4 rings (SSSR count). The minimum Gasteiger partial charge on any atom is -0.493 e. The number of ether oxygens (including phenoxy) is 2. The number of hydrogen-bond acceptors (Lipinski definition) is 6. The van der Waals surface area contributed by atoms with Gasteiger partial charge in [0.15, 0.2) is 21.5 Å². The lowest BCUT2D eigenvalue weighted by atomic mass is 10.1. The molecule has 27 heavy (non-hydrogen) atoms. The summed E-state index contributed by atoms with van der Waals surface area (Å²) in [5.74, 6) is 1.40. The fraction of sp³-hybridized carbons (Fsp3) is 0.143. The second kappa shape index (κ2) is 7.50. The normalized spacial score (nSPS) is 10.8. The molecule has 0 radical (unpaired) electrons. The molecule has 0 bridgehead atoms. The van der Waals surface area contributed by atoms with Crippen LogP contribution in [0, 0.1) is 6.92 Å². The fourth-order valence-electron chi connectivity index (χ4n) is 2.73. The third kappa shape index (κ3) is 3.59. The van der Waals surface area contributed by atoms with Gasteiger partial charge in [-0.05, 0) is 25.1 Å².